The maximum atomic E-state index is 6.12. The van der Waals surface area contributed by atoms with Gasteiger partial charge in [0.15, 0.2) is 5.75 Å². The van der Waals surface area contributed by atoms with Crippen LogP contribution in [0.3, 0.4) is 0 Å². The maximum Gasteiger partial charge on any atom is 0.153 e. The lowest BCUT2D eigenvalue weighted by atomic mass is 10.2. The highest BCUT2D eigenvalue weighted by Crippen LogP contribution is 2.34. The smallest absolute Gasteiger partial charge is 0.153 e. The second-order valence-corrected chi connectivity index (χ2v) is 4.44. The summed E-state index contributed by atoms with van der Waals surface area (Å²) in [6.07, 6.45) is 0. The third kappa shape index (κ3) is 2.53. The van der Waals surface area contributed by atoms with Crippen molar-refractivity contribution in [2.24, 2.45) is 0 Å². The Labute approximate surface area is 106 Å². The third-order valence-electron chi connectivity index (χ3n) is 2.54. The average Bonchev–Trinajstić information content (AvgIpc) is 2.26. The van der Waals surface area contributed by atoms with Gasteiger partial charge in [-0.25, -0.2) is 0 Å². The van der Waals surface area contributed by atoms with Crippen LogP contribution in [-0.2, 0) is 0 Å². The summed E-state index contributed by atoms with van der Waals surface area (Å²) in [5, 5.41) is 0.590. The molecule has 3 heteroatoms. The number of hydrogen-bond donors (Lipinski definition) is 1. The number of rotatable bonds is 2. The van der Waals surface area contributed by atoms with Gasteiger partial charge in [0.25, 0.3) is 0 Å². The zero-order valence-electron chi connectivity index (χ0n) is 9.83. The van der Waals surface area contributed by atoms with Gasteiger partial charge < -0.3 is 10.5 Å². The largest absolute Gasteiger partial charge is 0.453 e. The topological polar surface area (TPSA) is 35.2 Å². The molecule has 0 radical (unpaired) electrons. The van der Waals surface area contributed by atoms with Crippen molar-refractivity contribution in [3.05, 3.63) is 52.5 Å². The fourth-order valence-electron chi connectivity index (χ4n) is 1.61. The molecule has 0 aliphatic rings. The van der Waals surface area contributed by atoms with Gasteiger partial charge in [-0.2, -0.15) is 0 Å². The van der Waals surface area contributed by atoms with Crippen molar-refractivity contribution in [1.82, 2.24) is 0 Å². The molecule has 0 unspecified atom stereocenters. The Bertz CT molecular complexity index is 532. The molecule has 0 saturated heterocycles. The monoisotopic (exact) mass is 247 g/mol. The van der Waals surface area contributed by atoms with E-state index in [1.165, 1.54) is 0 Å². The van der Waals surface area contributed by atoms with E-state index in [9.17, 15) is 0 Å². The fraction of sp³-hybridized carbons (Fsp3) is 0.143. The Kier molecular flexibility index (Phi) is 3.25. The first-order chi connectivity index (χ1) is 8.08. The molecule has 0 spiro atoms. The van der Waals surface area contributed by atoms with E-state index < -0.39 is 0 Å². The van der Waals surface area contributed by atoms with Crippen LogP contribution in [0.2, 0.25) is 5.02 Å². The van der Waals surface area contributed by atoms with Gasteiger partial charge in [-0.15, -0.1) is 0 Å². The summed E-state index contributed by atoms with van der Waals surface area (Å²) in [4.78, 5) is 0. The van der Waals surface area contributed by atoms with E-state index in [1.807, 2.05) is 50.2 Å². The van der Waals surface area contributed by atoms with E-state index in [0.29, 0.717) is 22.2 Å². The van der Waals surface area contributed by atoms with Gasteiger partial charge in [0.05, 0.1) is 10.7 Å². The van der Waals surface area contributed by atoms with Gasteiger partial charge in [-0.05, 0) is 43.2 Å². The van der Waals surface area contributed by atoms with Crippen LogP contribution in [0.4, 0.5) is 5.69 Å². The number of nitrogens with two attached hydrogens (primary N) is 1. The zero-order chi connectivity index (χ0) is 12.4. The minimum absolute atomic E-state index is 0.590. The Morgan fingerprint density at radius 2 is 1.88 bits per heavy atom. The van der Waals surface area contributed by atoms with Gasteiger partial charge in [-0.3, -0.25) is 0 Å². The first kappa shape index (κ1) is 11.8. The number of para-hydroxylation sites is 1. The second-order valence-electron chi connectivity index (χ2n) is 4.03. The Morgan fingerprint density at radius 1 is 1.12 bits per heavy atom. The lowest BCUT2D eigenvalue weighted by molar-refractivity contribution is 0.481. The molecular weight excluding hydrogens is 234 g/mol. The van der Waals surface area contributed by atoms with E-state index in [-0.39, 0.29) is 0 Å². The SMILES string of the molecule is Cc1ccc(Oc2c(C)cccc2N)c(Cl)c1. The standard InChI is InChI=1S/C14H14ClNO/c1-9-6-7-13(11(15)8-9)17-14-10(2)4-3-5-12(14)16/h3-8H,16H2,1-2H3. The summed E-state index contributed by atoms with van der Waals surface area (Å²) in [5.41, 5.74) is 8.58. The predicted molar refractivity (Wildman–Crippen MR) is 71.9 cm³/mol. The number of benzene rings is 2. The molecule has 0 heterocycles. The van der Waals surface area contributed by atoms with E-state index in [0.717, 1.165) is 11.1 Å². The van der Waals surface area contributed by atoms with Crippen molar-refractivity contribution in [3.63, 3.8) is 0 Å². The lowest BCUT2D eigenvalue weighted by Crippen LogP contribution is -1.94. The second kappa shape index (κ2) is 4.68. The van der Waals surface area contributed by atoms with E-state index >= 15 is 0 Å². The highest BCUT2D eigenvalue weighted by atomic mass is 35.5. The van der Waals surface area contributed by atoms with Crippen molar-refractivity contribution >= 4 is 17.3 Å². The summed E-state index contributed by atoms with van der Waals surface area (Å²) in [5.74, 6) is 1.29. The first-order valence-electron chi connectivity index (χ1n) is 5.37. The molecule has 17 heavy (non-hydrogen) atoms. The molecule has 2 N–H and O–H groups in total. The molecular formula is C14H14ClNO. The third-order valence-corrected chi connectivity index (χ3v) is 2.84. The molecule has 0 bridgehead atoms. The summed E-state index contributed by atoms with van der Waals surface area (Å²) in [7, 11) is 0. The number of anilines is 1. The quantitative estimate of drug-likeness (QED) is 0.802. The molecule has 0 aliphatic carbocycles. The normalized spacial score (nSPS) is 10.3. The molecule has 2 nitrogen and oxygen atoms in total. The molecule has 0 atom stereocenters. The summed E-state index contributed by atoms with van der Waals surface area (Å²) < 4.78 is 5.77. The van der Waals surface area contributed by atoms with Crippen molar-refractivity contribution in [2.45, 2.75) is 13.8 Å². The van der Waals surface area contributed by atoms with Crippen LogP contribution in [0.15, 0.2) is 36.4 Å². The number of halogens is 1. The van der Waals surface area contributed by atoms with E-state index in [1.54, 1.807) is 0 Å². The summed E-state index contributed by atoms with van der Waals surface area (Å²) in [6.45, 7) is 3.94. The minimum atomic E-state index is 0.590. The van der Waals surface area contributed by atoms with Crippen LogP contribution in [0.25, 0.3) is 0 Å². The van der Waals surface area contributed by atoms with Crippen molar-refractivity contribution in [1.29, 1.82) is 0 Å². The van der Waals surface area contributed by atoms with E-state index in [4.69, 9.17) is 22.1 Å². The summed E-state index contributed by atoms with van der Waals surface area (Å²) >= 11 is 6.12. The predicted octanol–water partition coefficient (Wildman–Crippen LogP) is 4.33. The van der Waals surface area contributed by atoms with Gasteiger partial charge in [0.1, 0.15) is 5.75 Å². The van der Waals surface area contributed by atoms with Crippen LogP contribution >= 0.6 is 11.6 Å². The van der Waals surface area contributed by atoms with Gasteiger partial charge in [0.2, 0.25) is 0 Å². The maximum absolute atomic E-state index is 6.12. The molecule has 0 saturated carbocycles. The van der Waals surface area contributed by atoms with Crippen LogP contribution in [0, 0.1) is 13.8 Å². The van der Waals surface area contributed by atoms with Gasteiger partial charge in [-0.1, -0.05) is 29.8 Å². The molecule has 2 rings (SSSR count). The molecule has 0 aromatic heterocycles. The Hall–Kier alpha value is -1.67. The van der Waals surface area contributed by atoms with Crippen LogP contribution in [0.5, 0.6) is 11.5 Å². The number of ether oxygens (including phenoxy) is 1. The van der Waals surface area contributed by atoms with Crippen molar-refractivity contribution in [3.8, 4) is 11.5 Å². The Morgan fingerprint density at radius 3 is 2.53 bits per heavy atom. The number of aryl methyl sites for hydroxylation is 2. The van der Waals surface area contributed by atoms with Crippen LogP contribution in [-0.4, -0.2) is 0 Å². The van der Waals surface area contributed by atoms with Crippen LogP contribution in [0.1, 0.15) is 11.1 Å². The van der Waals surface area contributed by atoms with Gasteiger partial charge >= 0.3 is 0 Å². The number of nitrogen functional groups attached to an aromatic ring is 1. The van der Waals surface area contributed by atoms with Crippen molar-refractivity contribution in [2.75, 3.05) is 5.73 Å². The molecule has 0 amide bonds. The highest BCUT2D eigenvalue weighted by Gasteiger charge is 2.08. The molecule has 0 fully saturated rings. The fourth-order valence-corrected chi connectivity index (χ4v) is 1.89. The summed E-state index contributed by atoms with van der Waals surface area (Å²) in [6, 6.07) is 11.3. The Balaban J connectivity index is 2.38. The molecule has 2 aromatic carbocycles. The highest BCUT2D eigenvalue weighted by molar-refractivity contribution is 6.32. The van der Waals surface area contributed by atoms with Crippen molar-refractivity contribution < 1.29 is 4.74 Å². The average molecular weight is 248 g/mol. The number of hydrogen-bond acceptors (Lipinski definition) is 2. The lowest BCUT2D eigenvalue weighted by Gasteiger charge is -2.12. The molecule has 2 aromatic rings. The first-order valence-corrected chi connectivity index (χ1v) is 5.75. The molecule has 0 aliphatic heterocycles. The van der Waals surface area contributed by atoms with Gasteiger partial charge in [0, 0.05) is 0 Å². The zero-order valence-corrected chi connectivity index (χ0v) is 10.6. The minimum Gasteiger partial charge on any atom is -0.453 e. The molecule has 88 valence electrons. The van der Waals surface area contributed by atoms with E-state index in [2.05, 4.69) is 0 Å². The van der Waals surface area contributed by atoms with Crippen LogP contribution < -0.4 is 10.5 Å².